The van der Waals surface area contributed by atoms with Crippen LogP contribution in [0.3, 0.4) is 0 Å². The van der Waals surface area contributed by atoms with E-state index >= 15 is 0 Å². The summed E-state index contributed by atoms with van der Waals surface area (Å²) in [5.74, 6) is -0.736. The number of esters is 1. The van der Waals surface area contributed by atoms with Gasteiger partial charge in [-0.05, 0) is 30.5 Å². The van der Waals surface area contributed by atoms with Crippen LogP contribution in [0.4, 0.5) is 11.4 Å². The Bertz CT molecular complexity index is 952. The minimum Gasteiger partial charge on any atom is -0.423 e. The van der Waals surface area contributed by atoms with Crippen molar-refractivity contribution in [3.63, 3.8) is 0 Å². The molecule has 2 aromatic carbocycles. The molecule has 0 aliphatic heterocycles. The molecular formula is C22H26N4O6. The van der Waals surface area contributed by atoms with Gasteiger partial charge in [-0.1, -0.05) is 38.8 Å². The van der Waals surface area contributed by atoms with Crippen LogP contribution in [0.5, 0.6) is 5.75 Å². The summed E-state index contributed by atoms with van der Waals surface area (Å²) in [6.07, 6.45) is 5.89. The van der Waals surface area contributed by atoms with E-state index in [1.807, 2.05) is 5.01 Å². The van der Waals surface area contributed by atoms with Crippen LogP contribution in [0.2, 0.25) is 0 Å². The van der Waals surface area contributed by atoms with Gasteiger partial charge < -0.3 is 4.74 Å². The predicted molar refractivity (Wildman–Crippen MR) is 120 cm³/mol. The number of carbonyl (C=O) groups excluding carboxylic acids is 1. The average molecular weight is 442 g/mol. The quantitative estimate of drug-likeness (QED) is 0.149. The van der Waals surface area contributed by atoms with Crippen LogP contribution >= 0.6 is 0 Å². The highest BCUT2D eigenvalue weighted by molar-refractivity contribution is 5.93. The lowest BCUT2D eigenvalue weighted by Gasteiger charge is -2.18. The van der Waals surface area contributed by atoms with Crippen molar-refractivity contribution in [3.05, 3.63) is 73.8 Å². The van der Waals surface area contributed by atoms with Gasteiger partial charge in [0.25, 0.3) is 11.4 Å². The minimum absolute atomic E-state index is 0.196. The van der Waals surface area contributed by atoms with Gasteiger partial charge >= 0.3 is 5.97 Å². The minimum atomic E-state index is -0.932. The van der Waals surface area contributed by atoms with E-state index in [1.54, 1.807) is 30.5 Å². The van der Waals surface area contributed by atoms with Gasteiger partial charge in [0.2, 0.25) is 0 Å². The van der Waals surface area contributed by atoms with Crippen LogP contribution in [-0.2, 0) is 0 Å². The molecule has 0 amide bonds. The van der Waals surface area contributed by atoms with Crippen LogP contribution in [0.1, 0.15) is 55.5 Å². The number of rotatable bonds is 12. The summed E-state index contributed by atoms with van der Waals surface area (Å²) in [4.78, 5) is 32.9. The van der Waals surface area contributed by atoms with Gasteiger partial charge in [-0.3, -0.25) is 25.2 Å². The molecule has 10 heteroatoms. The molecule has 0 spiro atoms. The number of nitro groups is 2. The van der Waals surface area contributed by atoms with Crippen molar-refractivity contribution < 1.29 is 19.4 Å². The topological polar surface area (TPSA) is 128 Å². The summed E-state index contributed by atoms with van der Waals surface area (Å²) in [7, 11) is 0. The standard InChI is InChI=1S/C22H26N4O6/c1-3-5-10-24(11-6-4-2)23-16-17-8-7-9-21(12-17)32-22(27)18-13-19(25(28)29)15-20(14-18)26(30)31/h7-9,12-16H,3-6,10-11H2,1-2H3/b23-16+. The van der Waals surface area contributed by atoms with E-state index in [-0.39, 0.29) is 11.3 Å². The Labute approximate surface area is 185 Å². The average Bonchev–Trinajstić information content (AvgIpc) is 2.78. The molecule has 2 rings (SSSR count). The normalized spacial score (nSPS) is 10.8. The fourth-order valence-electron chi connectivity index (χ4n) is 2.80. The Morgan fingerprint density at radius 2 is 1.59 bits per heavy atom. The number of hydrazone groups is 1. The predicted octanol–water partition coefficient (Wildman–Crippen LogP) is 4.96. The molecule has 0 unspecified atom stereocenters. The largest absolute Gasteiger partial charge is 0.423 e. The fourth-order valence-corrected chi connectivity index (χ4v) is 2.80. The van der Waals surface area contributed by atoms with Gasteiger partial charge in [0.15, 0.2) is 0 Å². The summed E-state index contributed by atoms with van der Waals surface area (Å²) < 4.78 is 5.29. The third-order valence-corrected chi connectivity index (χ3v) is 4.54. The molecule has 0 saturated heterocycles. The Hall–Kier alpha value is -3.82. The van der Waals surface area contributed by atoms with Crippen molar-refractivity contribution in [1.82, 2.24) is 5.01 Å². The van der Waals surface area contributed by atoms with Gasteiger partial charge in [0.05, 0.1) is 27.7 Å². The zero-order chi connectivity index (χ0) is 23.5. The van der Waals surface area contributed by atoms with Gasteiger partial charge in [0.1, 0.15) is 5.75 Å². The first-order chi connectivity index (χ1) is 15.3. The van der Waals surface area contributed by atoms with E-state index in [0.29, 0.717) is 5.56 Å². The molecular weight excluding hydrogens is 416 g/mol. The van der Waals surface area contributed by atoms with E-state index in [9.17, 15) is 25.0 Å². The molecule has 0 bridgehead atoms. The number of nitro benzene ring substituents is 2. The van der Waals surface area contributed by atoms with E-state index in [1.165, 1.54) is 0 Å². The van der Waals surface area contributed by atoms with Crippen LogP contribution < -0.4 is 4.74 Å². The van der Waals surface area contributed by atoms with E-state index in [0.717, 1.165) is 57.0 Å². The van der Waals surface area contributed by atoms with E-state index < -0.39 is 27.2 Å². The summed E-state index contributed by atoms with van der Waals surface area (Å²) in [5, 5.41) is 28.6. The van der Waals surface area contributed by atoms with Crippen molar-refractivity contribution in [2.24, 2.45) is 5.10 Å². The molecule has 0 radical (unpaired) electrons. The Morgan fingerprint density at radius 1 is 1.00 bits per heavy atom. The monoisotopic (exact) mass is 442 g/mol. The number of ether oxygens (including phenoxy) is 1. The first kappa shape index (κ1) is 24.4. The van der Waals surface area contributed by atoms with E-state index in [4.69, 9.17) is 4.74 Å². The molecule has 2 aromatic rings. The lowest BCUT2D eigenvalue weighted by Crippen LogP contribution is -2.20. The van der Waals surface area contributed by atoms with Gasteiger partial charge in [-0.15, -0.1) is 0 Å². The van der Waals surface area contributed by atoms with Crippen LogP contribution in [0.15, 0.2) is 47.6 Å². The fraction of sp³-hybridized carbons (Fsp3) is 0.364. The molecule has 170 valence electrons. The molecule has 0 atom stereocenters. The van der Waals surface area contributed by atoms with Crippen molar-refractivity contribution in [2.75, 3.05) is 13.1 Å². The molecule has 0 N–H and O–H groups in total. The summed E-state index contributed by atoms with van der Waals surface area (Å²) in [5.41, 5.74) is -0.703. The van der Waals surface area contributed by atoms with Gasteiger partial charge in [-0.2, -0.15) is 5.10 Å². The maximum atomic E-state index is 12.5. The second-order valence-corrected chi connectivity index (χ2v) is 7.12. The summed E-state index contributed by atoms with van der Waals surface area (Å²) >= 11 is 0. The molecule has 0 aromatic heterocycles. The number of non-ortho nitro benzene ring substituents is 2. The number of nitrogens with zero attached hydrogens (tertiary/aromatic N) is 4. The second-order valence-electron chi connectivity index (χ2n) is 7.12. The lowest BCUT2D eigenvalue weighted by atomic mass is 10.1. The van der Waals surface area contributed by atoms with Crippen LogP contribution in [0.25, 0.3) is 0 Å². The lowest BCUT2D eigenvalue weighted by molar-refractivity contribution is -0.394. The van der Waals surface area contributed by atoms with Crippen LogP contribution in [0, 0.1) is 20.2 Å². The molecule has 0 aliphatic carbocycles. The first-order valence-electron chi connectivity index (χ1n) is 10.4. The van der Waals surface area contributed by atoms with Crippen molar-refractivity contribution in [2.45, 2.75) is 39.5 Å². The number of hydrogen-bond acceptors (Lipinski definition) is 8. The molecule has 0 heterocycles. The molecule has 0 aliphatic rings. The van der Waals surface area contributed by atoms with Crippen LogP contribution in [-0.4, -0.2) is 40.1 Å². The van der Waals surface area contributed by atoms with E-state index in [2.05, 4.69) is 18.9 Å². The summed E-state index contributed by atoms with van der Waals surface area (Å²) in [6.45, 7) is 5.95. The molecule has 0 fully saturated rings. The van der Waals surface area contributed by atoms with Gasteiger partial charge in [0, 0.05) is 25.2 Å². The first-order valence-corrected chi connectivity index (χ1v) is 10.4. The smallest absolute Gasteiger partial charge is 0.344 e. The Morgan fingerprint density at radius 3 is 2.12 bits per heavy atom. The molecule has 10 nitrogen and oxygen atoms in total. The number of hydrogen-bond donors (Lipinski definition) is 0. The highest BCUT2D eigenvalue weighted by atomic mass is 16.6. The molecule has 0 saturated carbocycles. The zero-order valence-electron chi connectivity index (χ0n) is 18.1. The molecule has 32 heavy (non-hydrogen) atoms. The highest BCUT2D eigenvalue weighted by Crippen LogP contribution is 2.24. The Balaban J connectivity index is 2.17. The Kier molecular flexibility index (Phi) is 9.27. The van der Waals surface area contributed by atoms with Crippen molar-refractivity contribution in [1.29, 1.82) is 0 Å². The summed E-state index contributed by atoms with van der Waals surface area (Å²) in [6, 6.07) is 9.31. The number of carbonyl (C=O) groups is 1. The number of unbranched alkanes of at least 4 members (excludes halogenated alkanes) is 2. The highest BCUT2D eigenvalue weighted by Gasteiger charge is 2.21. The number of benzene rings is 2. The van der Waals surface area contributed by atoms with Crippen molar-refractivity contribution in [3.8, 4) is 5.75 Å². The third-order valence-electron chi connectivity index (χ3n) is 4.54. The maximum absolute atomic E-state index is 12.5. The second kappa shape index (κ2) is 12.1. The zero-order valence-corrected chi connectivity index (χ0v) is 18.1. The van der Waals surface area contributed by atoms with Gasteiger partial charge in [-0.25, -0.2) is 4.79 Å². The van der Waals surface area contributed by atoms with Crippen molar-refractivity contribution >= 4 is 23.6 Å². The maximum Gasteiger partial charge on any atom is 0.344 e. The third kappa shape index (κ3) is 7.46. The SMILES string of the molecule is CCCCN(CCCC)/N=C/c1cccc(OC(=O)c2cc([N+](=O)[O-])cc([N+](=O)[O-])c2)c1.